The average molecular weight is 362 g/mol. The fourth-order valence-corrected chi connectivity index (χ4v) is 4.04. The maximum Gasteiger partial charge on any atom is 0.207 e. The molecule has 3 rings (SSSR count). The number of allylic oxidation sites excluding steroid dienone is 1. The molecule has 2 heterocycles. The van der Waals surface area contributed by atoms with Crippen LogP contribution in [0.1, 0.15) is 19.8 Å². The molecule has 9 heteroatoms. The number of rotatable bonds is 4. The van der Waals surface area contributed by atoms with Gasteiger partial charge in [0.2, 0.25) is 6.29 Å². The summed E-state index contributed by atoms with van der Waals surface area (Å²) in [4.78, 5) is 0. The smallest absolute Gasteiger partial charge is 0.207 e. The third kappa shape index (κ3) is 3.19. The lowest BCUT2D eigenvalue weighted by Crippen LogP contribution is -2.61. The van der Waals surface area contributed by atoms with Gasteiger partial charge in [-0.15, -0.1) is 0 Å². The first-order chi connectivity index (χ1) is 11.8. The summed E-state index contributed by atoms with van der Waals surface area (Å²) in [6.07, 6.45) is -5.54. The molecule has 2 aliphatic heterocycles. The van der Waals surface area contributed by atoms with Crippen molar-refractivity contribution >= 4 is 0 Å². The van der Waals surface area contributed by atoms with Crippen LogP contribution < -0.4 is 0 Å². The topological polar surface area (TPSA) is 149 Å². The van der Waals surface area contributed by atoms with E-state index in [1.54, 1.807) is 0 Å². The zero-order chi connectivity index (χ0) is 18.4. The number of ether oxygens (including phenoxy) is 3. The molecule has 1 saturated heterocycles. The van der Waals surface area contributed by atoms with Crippen molar-refractivity contribution in [3.63, 3.8) is 0 Å². The molecule has 0 bridgehead atoms. The maximum atomic E-state index is 10.7. The monoisotopic (exact) mass is 362 g/mol. The molecule has 0 aromatic heterocycles. The van der Waals surface area contributed by atoms with Crippen molar-refractivity contribution in [3.8, 4) is 0 Å². The van der Waals surface area contributed by atoms with Crippen LogP contribution in [0.5, 0.6) is 0 Å². The van der Waals surface area contributed by atoms with Crippen LogP contribution >= 0.6 is 0 Å². The maximum absolute atomic E-state index is 10.7. The Hall–Kier alpha value is -0.780. The molecule has 1 aliphatic carbocycles. The van der Waals surface area contributed by atoms with Gasteiger partial charge in [0.25, 0.3) is 0 Å². The highest BCUT2D eigenvalue weighted by molar-refractivity contribution is 5.14. The summed E-state index contributed by atoms with van der Waals surface area (Å²) >= 11 is 0. The molecular weight excluding hydrogens is 336 g/mol. The van der Waals surface area contributed by atoms with Gasteiger partial charge in [0.05, 0.1) is 31.0 Å². The molecule has 144 valence electrons. The van der Waals surface area contributed by atoms with Crippen LogP contribution in [-0.4, -0.2) is 86.4 Å². The molecule has 1 saturated carbocycles. The van der Waals surface area contributed by atoms with Crippen LogP contribution in [0.3, 0.4) is 0 Å². The summed E-state index contributed by atoms with van der Waals surface area (Å²) in [5.74, 6) is -0.629. The van der Waals surface area contributed by atoms with Gasteiger partial charge in [-0.3, -0.25) is 0 Å². The van der Waals surface area contributed by atoms with Gasteiger partial charge in [-0.2, -0.15) is 0 Å². The minimum atomic E-state index is -1.56. The zero-order valence-corrected chi connectivity index (χ0v) is 13.9. The Balaban J connectivity index is 1.79. The van der Waals surface area contributed by atoms with E-state index >= 15 is 0 Å². The van der Waals surface area contributed by atoms with Crippen molar-refractivity contribution in [2.24, 2.45) is 11.8 Å². The molecule has 9 nitrogen and oxygen atoms in total. The predicted octanol–water partition coefficient (Wildman–Crippen LogP) is -2.19. The van der Waals surface area contributed by atoms with Crippen molar-refractivity contribution in [2.75, 3.05) is 13.2 Å². The summed E-state index contributed by atoms with van der Waals surface area (Å²) < 4.78 is 16.5. The van der Waals surface area contributed by atoms with Crippen LogP contribution in [-0.2, 0) is 14.2 Å². The van der Waals surface area contributed by atoms with E-state index in [-0.39, 0.29) is 5.92 Å². The van der Waals surface area contributed by atoms with Gasteiger partial charge < -0.3 is 44.8 Å². The Morgan fingerprint density at radius 3 is 2.52 bits per heavy atom. The van der Waals surface area contributed by atoms with Crippen molar-refractivity contribution in [2.45, 2.75) is 62.4 Å². The van der Waals surface area contributed by atoms with Crippen molar-refractivity contribution in [1.82, 2.24) is 0 Å². The van der Waals surface area contributed by atoms with Crippen molar-refractivity contribution in [3.05, 3.63) is 11.8 Å². The minimum absolute atomic E-state index is 0.0548. The highest BCUT2D eigenvalue weighted by atomic mass is 16.8. The molecule has 0 spiro atoms. The summed E-state index contributed by atoms with van der Waals surface area (Å²) in [6.45, 7) is 0.839. The zero-order valence-electron chi connectivity index (χ0n) is 13.9. The second-order valence-electron chi connectivity index (χ2n) is 7.13. The van der Waals surface area contributed by atoms with Gasteiger partial charge >= 0.3 is 0 Å². The van der Waals surface area contributed by atoms with E-state index in [1.807, 2.05) is 6.92 Å². The molecule has 25 heavy (non-hydrogen) atoms. The lowest BCUT2D eigenvalue weighted by Gasteiger charge is -2.44. The summed E-state index contributed by atoms with van der Waals surface area (Å²) in [5.41, 5.74) is -0.470. The van der Waals surface area contributed by atoms with Crippen LogP contribution in [0.25, 0.3) is 0 Å². The second kappa shape index (κ2) is 7.09. The predicted molar refractivity (Wildman–Crippen MR) is 81.7 cm³/mol. The van der Waals surface area contributed by atoms with Crippen LogP contribution in [0.2, 0.25) is 0 Å². The second-order valence-corrected chi connectivity index (χ2v) is 7.13. The van der Waals surface area contributed by atoms with E-state index in [1.165, 1.54) is 6.26 Å². The number of hydrogen-bond acceptors (Lipinski definition) is 9. The lowest BCUT2D eigenvalue weighted by atomic mass is 9.81. The molecule has 0 radical (unpaired) electrons. The Labute approximate surface area is 145 Å². The number of fused-ring (bicyclic) bond motifs is 1. The number of aliphatic hydroxyl groups is 6. The van der Waals surface area contributed by atoms with E-state index in [0.717, 1.165) is 5.57 Å². The Bertz CT molecular complexity index is 510. The molecule has 0 aromatic rings. The van der Waals surface area contributed by atoms with Crippen molar-refractivity contribution < 1.29 is 44.8 Å². The van der Waals surface area contributed by atoms with E-state index in [4.69, 9.17) is 14.2 Å². The minimum Gasteiger partial charge on any atom is -0.472 e. The largest absolute Gasteiger partial charge is 0.472 e. The molecule has 9 unspecified atom stereocenters. The van der Waals surface area contributed by atoms with Gasteiger partial charge in [-0.05, 0) is 31.3 Å². The quantitative estimate of drug-likeness (QED) is 0.328. The normalized spacial score (nSPS) is 50.1. The van der Waals surface area contributed by atoms with Gasteiger partial charge in [-0.1, -0.05) is 0 Å². The van der Waals surface area contributed by atoms with Gasteiger partial charge in [0.1, 0.15) is 24.4 Å². The van der Waals surface area contributed by atoms with E-state index < -0.39 is 61.7 Å². The summed E-state index contributed by atoms with van der Waals surface area (Å²) in [7, 11) is 0. The van der Waals surface area contributed by atoms with Crippen LogP contribution in [0.4, 0.5) is 0 Å². The average Bonchev–Trinajstić information content (AvgIpc) is 2.97. The fourth-order valence-electron chi connectivity index (χ4n) is 4.04. The highest BCUT2D eigenvalue weighted by Gasteiger charge is 2.56. The first-order valence-electron chi connectivity index (χ1n) is 8.43. The van der Waals surface area contributed by atoms with Gasteiger partial charge in [0.15, 0.2) is 6.29 Å². The molecule has 0 amide bonds. The first kappa shape index (κ1) is 19.0. The third-order valence-electron chi connectivity index (χ3n) is 5.60. The SMILES string of the molecule is CC1=COC(OC2OC(CO)C(O)C(O)C2O)C2C1CCC2(O)CO. The van der Waals surface area contributed by atoms with Gasteiger partial charge in [0, 0.05) is 0 Å². The lowest BCUT2D eigenvalue weighted by molar-refractivity contribution is -0.347. The summed E-state index contributed by atoms with van der Waals surface area (Å²) in [6, 6.07) is 0. The number of aliphatic hydroxyl groups excluding tert-OH is 5. The van der Waals surface area contributed by atoms with E-state index in [0.29, 0.717) is 12.8 Å². The molecule has 6 N–H and O–H groups in total. The Kier molecular flexibility index (Phi) is 5.38. The van der Waals surface area contributed by atoms with Gasteiger partial charge in [-0.25, -0.2) is 0 Å². The van der Waals surface area contributed by atoms with Crippen LogP contribution in [0.15, 0.2) is 11.8 Å². The molecule has 3 aliphatic rings. The fraction of sp³-hybridized carbons (Fsp3) is 0.875. The molecular formula is C16H26O9. The highest BCUT2D eigenvalue weighted by Crippen LogP contribution is 2.49. The Morgan fingerprint density at radius 1 is 1.16 bits per heavy atom. The van der Waals surface area contributed by atoms with E-state index in [9.17, 15) is 30.6 Å². The summed E-state index contributed by atoms with van der Waals surface area (Å²) in [5, 5.41) is 59.4. The van der Waals surface area contributed by atoms with E-state index in [2.05, 4.69) is 0 Å². The van der Waals surface area contributed by atoms with Crippen LogP contribution in [0, 0.1) is 11.8 Å². The molecule has 9 atom stereocenters. The number of hydrogen-bond donors (Lipinski definition) is 6. The molecule has 0 aromatic carbocycles. The standard InChI is InChI=1S/C16H26O9/c1-7-5-23-14(10-8(7)2-3-16(10,22)6-18)25-15-13(21)12(20)11(19)9(4-17)24-15/h5,8-15,17-22H,2-4,6H2,1H3. The molecule has 2 fully saturated rings. The third-order valence-corrected chi connectivity index (χ3v) is 5.60. The Morgan fingerprint density at radius 2 is 1.88 bits per heavy atom. The van der Waals surface area contributed by atoms with Crippen molar-refractivity contribution in [1.29, 1.82) is 0 Å². The first-order valence-corrected chi connectivity index (χ1v) is 8.43.